The van der Waals surface area contributed by atoms with Crippen molar-refractivity contribution in [2.24, 2.45) is 0 Å². The third-order valence-electron chi connectivity index (χ3n) is 10.4. The molecule has 5 aromatic rings. The topological polar surface area (TPSA) is 97.4 Å². The van der Waals surface area contributed by atoms with Crippen molar-refractivity contribution in [1.82, 2.24) is 4.90 Å². The normalized spacial score (nSPS) is 16.3. The third kappa shape index (κ3) is 5.34. The summed E-state index contributed by atoms with van der Waals surface area (Å²) in [5.74, 6) is 6.13. The number of fused-ring (bicyclic) bond motifs is 12. The molecule has 52 heavy (non-hydrogen) atoms. The monoisotopic (exact) mass is 702 g/mol. The number of anilines is 1. The number of hydrogen-bond acceptors (Lipinski definition) is 11. The summed E-state index contributed by atoms with van der Waals surface area (Å²) < 4.78 is 44.4. The van der Waals surface area contributed by atoms with E-state index in [1.807, 2.05) is 24.3 Å². The van der Waals surface area contributed by atoms with Gasteiger partial charge >= 0.3 is 0 Å². The summed E-state index contributed by atoms with van der Waals surface area (Å²) in [7, 11) is 7.37. The van der Waals surface area contributed by atoms with E-state index in [1.54, 1.807) is 20.3 Å². The molecule has 0 radical (unpaired) electrons. The van der Waals surface area contributed by atoms with Gasteiger partial charge in [-0.1, -0.05) is 18.2 Å². The molecule has 0 saturated carbocycles. The highest BCUT2D eigenvalue weighted by atomic mass is 16.7. The van der Waals surface area contributed by atoms with Gasteiger partial charge in [-0.3, -0.25) is 4.79 Å². The molecule has 11 nitrogen and oxygen atoms in total. The first-order valence-corrected chi connectivity index (χ1v) is 17.3. The first-order chi connectivity index (χ1) is 25.4. The zero-order chi connectivity index (χ0) is 35.5. The van der Waals surface area contributed by atoms with E-state index < -0.39 is 0 Å². The molecule has 0 bridgehead atoms. The first kappa shape index (κ1) is 32.1. The Morgan fingerprint density at radius 2 is 1.27 bits per heavy atom. The second kappa shape index (κ2) is 12.8. The van der Waals surface area contributed by atoms with Crippen LogP contribution in [0.1, 0.15) is 32.6 Å². The lowest BCUT2D eigenvalue weighted by Gasteiger charge is -2.31. The Hall–Kier alpha value is -5.81. The van der Waals surface area contributed by atoms with Crippen molar-refractivity contribution in [3.05, 3.63) is 88.5 Å². The van der Waals surface area contributed by atoms with E-state index in [0.717, 1.165) is 76.1 Å². The van der Waals surface area contributed by atoms with Gasteiger partial charge in [0.05, 0.1) is 19.9 Å². The number of nitrogens with zero attached hydrogens (tertiary/aromatic N) is 2. The van der Waals surface area contributed by atoms with Crippen molar-refractivity contribution in [3.8, 4) is 57.1 Å². The van der Waals surface area contributed by atoms with Crippen LogP contribution >= 0.6 is 0 Å². The van der Waals surface area contributed by atoms with Crippen molar-refractivity contribution in [3.63, 3.8) is 0 Å². The number of rotatable bonds is 2. The van der Waals surface area contributed by atoms with Crippen LogP contribution in [0, 0.1) is 0 Å². The number of hydrogen-bond donors (Lipinski definition) is 0. The molecule has 5 aliphatic rings. The summed E-state index contributed by atoms with van der Waals surface area (Å²) in [5, 5.41) is 2.33. The van der Waals surface area contributed by atoms with Crippen LogP contribution in [0.3, 0.4) is 0 Å². The average Bonchev–Trinajstić information content (AvgIpc) is 3.95. The van der Waals surface area contributed by atoms with Gasteiger partial charge in [0.25, 0.3) is 0 Å². The molecule has 0 fully saturated rings. The molecule has 0 N–H and O–H groups in total. The number of likely N-dealkylation sites (N-methyl/N-ethyl adjacent to an activating group) is 1. The second-order valence-electron chi connectivity index (χ2n) is 13.5. The molecular weight excluding hydrogens is 664 g/mol. The van der Waals surface area contributed by atoms with Gasteiger partial charge < -0.3 is 47.7 Å². The zero-order valence-electron chi connectivity index (χ0n) is 29.5. The Labute approximate surface area is 301 Å². The molecule has 11 heteroatoms. The van der Waals surface area contributed by atoms with Gasteiger partial charge in [0, 0.05) is 60.7 Å². The van der Waals surface area contributed by atoms with E-state index in [1.165, 1.54) is 27.8 Å². The molecule has 0 amide bonds. The minimum Gasteiger partial charge on any atom is -0.493 e. The van der Waals surface area contributed by atoms with Crippen molar-refractivity contribution >= 4 is 22.2 Å². The Morgan fingerprint density at radius 3 is 2.04 bits per heavy atom. The summed E-state index contributed by atoms with van der Waals surface area (Å²) in [6, 6.07) is 20.2. The maximum absolute atomic E-state index is 13.2. The standard InChI is InChI=1S/C21H23NO5.C20H15NO4/c1-22-7-6-14-9-19(24-2)20(25-3)10-15(14)17(23)8-13-4-5-18-21(16(13)11-22)27-12-26-18;1-21-8-15-12(4-5-16-20(15)25-10-22-16)13-3-2-11-6-17-18(24-9-23-17)7-14(11)19(13)21/h4-5,9-10H,6-8,11-12H2,1-3H3;2-7H,8-10H2,1H3. The molecule has 0 saturated heterocycles. The van der Waals surface area contributed by atoms with E-state index in [2.05, 4.69) is 54.2 Å². The minimum atomic E-state index is 0.0654. The van der Waals surface area contributed by atoms with Gasteiger partial charge in [0.1, 0.15) is 0 Å². The molecule has 266 valence electrons. The van der Waals surface area contributed by atoms with Crippen LogP contribution in [0.25, 0.3) is 21.9 Å². The van der Waals surface area contributed by atoms with Gasteiger partial charge in [-0.15, -0.1) is 0 Å². The van der Waals surface area contributed by atoms with Crippen LogP contribution in [0.15, 0.2) is 60.7 Å². The van der Waals surface area contributed by atoms with Crippen LogP contribution < -0.4 is 42.8 Å². The lowest BCUT2D eigenvalue weighted by molar-refractivity contribution is 0.0990. The Bertz CT molecular complexity index is 2270. The number of benzene rings is 5. The molecule has 5 heterocycles. The predicted octanol–water partition coefficient (Wildman–Crippen LogP) is 6.76. The lowest BCUT2D eigenvalue weighted by atomic mass is 9.90. The van der Waals surface area contributed by atoms with Crippen molar-refractivity contribution in [1.29, 1.82) is 0 Å². The fraction of sp³-hybridized carbons (Fsp3) is 0.293. The average molecular weight is 703 g/mol. The number of ether oxygens (including phenoxy) is 8. The van der Waals surface area contributed by atoms with Gasteiger partial charge in [0.15, 0.2) is 51.8 Å². The Morgan fingerprint density at radius 1 is 0.615 bits per heavy atom. The molecule has 0 spiro atoms. The smallest absolute Gasteiger partial charge is 0.231 e. The largest absolute Gasteiger partial charge is 0.493 e. The van der Waals surface area contributed by atoms with Gasteiger partial charge in [-0.05, 0) is 78.0 Å². The highest BCUT2D eigenvalue weighted by Crippen LogP contribution is 2.50. The molecule has 0 aromatic heterocycles. The van der Waals surface area contributed by atoms with E-state index in [-0.39, 0.29) is 19.4 Å². The SMILES string of the molecule is CN1Cc2c(ccc3c2OCO3)-c2ccc3cc4c(cc3c21)OCO4.COc1cc2c(cc1OC)C(=O)Cc1ccc3c(c1CN(C)CC2)OCO3. The summed E-state index contributed by atoms with van der Waals surface area (Å²) in [6.07, 6.45) is 1.06. The summed E-state index contributed by atoms with van der Waals surface area (Å²) in [5.41, 5.74) is 8.47. The highest BCUT2D eigenvalue weighted by molar-refractivity contribution is 6.05. The van der Waals surface area contributed by atoms with Crippen LogP contribution in [0.4, 0.5) is 5.69 Å². The van der Waals surface area contributed by atoms with E-state index in [9.17, 15) is 4.79 Å². The van der Waals surface area contributed by atoms with Crippen LogP contribution in [-0.4, -0.2) is 65.9 Å². The predicted molar refractivity (Wildman–Crippen MR) is 194 cm³/mol. The van der Waals surface area contributed by atoms with Crippen molar-refractivity contribution < 1.29 is 42.7 Å². The summed E-state index contributed by atoms with van der Waals surface area (Å²) in [4.78, 5) is 17.7. The number of Topliss-reactive ketones (excluding diaryl/α,β-unsaturated/α-hetero) is 1. The fourth-order valence-corrected chi connectivity index (χ4v) is 7.81. The second-order valence-corrected chi connectivity index (χ2v) is 13.5. The van der Waals surface area contributed by atoms with Crippen molar-refractivity contribution in [2.45, 2.75) is 25.9 Å². The fourth-order valence-electron chi connectivity index (χ4n) is 7.81. The molecule has 5 aliphatic heterocycles. The summed E-state index contributed by atoms with van der Waals surface area (Å²) in [6.45, 7) is 3.10. The van der Waals surface area contributed by atoms with E-state index >= 15 is 0 Å². The van der Waals surface area contributed by atoms with E-state index in [4.69, 9.17) is 37.9 Å². The first-order valence-electron chi connectivity index (χ1n) is 17.3. The minimum absolute atomic E-state index is 0.0654. The number of ketones is 1. The van der Waals surface area contributed by atoms with Crippen LogP contribution in [0.5, 0.6) is 46.0 Å². The van der Waals surface area contributed by atoms with Gasteiger partial charge in [-0.25, -0.2) is 0 Å². The zero-order valence-corrected chi connectivity index (χ0v) is 29.5. The maximum Gasteiger partial charge on any atom is 0.231 e. The molecule has 0 unspecified atom stereocenters. The number of carbonyl (C=O) groups is 1. The molecular formula is C41H38N2O9. The molecule has 0 aliphatic carbocycles. The summed E-state index contributed by atoms with van der Waals surface area (Å²) >= 11 is 0. The van der Waals surface area contributed by atoms with Gasteiger partial charge in [0.2, 0.25) is 20.4 Å². The highest BCUT2D eigenvalue weighted by Gasteiger charge is 2.30. The van der Waals surface area contributed by atoms with Crippen molar-refractivity contribution in [2.75, 3.05) is 60.1 Å². The quantitative estimate of drug-likeness (QED) is 0.195. The molecule has 5 aromatic carbocycles. The third-order valence-corrected chi connectivity index (χ3v) is 10.4. The maximum atomic E-state index is 13.2. The Kier molecular flexibility index (Phi) is 7.88. The van der Waals surface area contributed by atoms with Crippen LogP contribution in [0.2, 0.25) is 0 Å². The molecule has 10 rings (SSSR count). The van der Waals surface area contributed by atoms with Crippen LogP contribution in [-0.2, 0) is 25.9 Å². The number of methoxy groups -OCH3 is 2. The molecule has 0 atom stereocenters. The van der Waals surface area contributed by atoms with Gasteiger partial charge in [-0.2, -0.15) is 0 Å². The lowest BCUT2D eigenvalue weighted by Crippen LogP contribution is -2.24. The Balaban J connectivity index is 0.000000139. The number of carbonyl (C=O) groups excluding carboxylic acids is 1. The van der Waals surface area contributed by atoms with E-state index in [0.29, 0.717) is 36.8 Å².